The third-order valence-electron chi connectivity index (χ3n) is 6.81. The van der Waals surface area contributed by atoms with E-state index in [1.54, 1.807) is 12.4 Å². The molecule has 3 aromatic rings. The molecule has 2 aromatic heterocycles. The van der Waals surface area contributed by atoms with Crippen LogP contribution < -0.4 is 5.32 Å². The van der Waals surface area contributed by atoms with E-state index in [2.05, 4.69) is 54.7 Å². The molecule has 180 valence electrons. The number of hydrogen-bond acceptors (Lipinski definition) is 6. The third-order valence-corrected chi connectivity index (χ3v) is 6.81. The quantitative estimate of drug-likeness (QED) is 0.495. The highest BCUT2D eigenvalue weighted by Crippen LogP contribution is 2.37. The van der Waals surface area contributed by atoms with E-state index in [0.717, 1.165) is 47.5 Å². The Hall–Kier alpha value is -3.45. The highest BCUT2D eigenvalue weighted by molar-refractivity contribution is 5.96. The fourth-order valence-electron chi connectivity index (χ4n) is 4.97. The summed E-state index contributed by atoms with van der Waals surface area (Å²) in [6, 6.07) is 9.58. The van der Waals surface area contributed by atoms with E-state index in [1.165, 1.54) is 31.2 Å². The number of pyridine rings is 2. The Kier molecular flexibility index (Phi) is 6.95. The van der Waals surface area contributed by atoms with E-state index >= 15 is 0 Å². The number of anilines is 1. The zero-order valence-corrected chi connectivity index (χ0v) is 20.4. The number of aryl methyl sites for hydroxylation is 1. The first-order valence-corrected chi connectivity index (χ1v) is 12.5. The Morgan fingerprint density at radius 2 is 1.71 bits per heavy atom. The first-order valence-electron chi connectivity index (χ1n) is 12.5. The minimum Gasteiger partial charge on any atom is -0.322 e. The Labute approximate surface area is 206 Å². The van der Waals surface area contributed by atoms with Gasteiger partial charge >= 0.3 is 0 Å². The highest BCUT2D eigenvalue weighted by atomic mass is 16.2. The third kappa shape index (κ3) is 5.46. The van der Waals surface area contributed by atoms with Crippen LogP contribution in [0.2, 0.25) is 0 Å². The summed E-state index contributed by atoms with van der Waals surface area (Å²) in [5, 5.41) is 11.7. The molecule has 0 aliphatic carbocycles. The minimum absolute atomic E-state index is 0.0868. The van der Waals surface area contributed by atoms with E-state index < -0.39 is 6.04 Å². The van der Waals surface area contributed by atoms with Crippen LogP contribution >= 0.6 is 0 Å². The maximum atomic E-state index is 13.2. The molecule has 5 rings (SSSR count). The van der Waals surface area contributed by atoms with Crippen LogP contribution in [-0.4, -0.2) is 33.9 Å². The molecule has 2 atom stereocenters. The van der Waals surface area contributed by atoms with Gasteiger partial charge in [0.25, 0.3) is 5.91 Å². The van der Waals surface area contributed by atoms with Crippen LogP contribution in [0, 0.1) is 6.92 Å². The van der Waals surface area contributed by atoms with Gasteiger partial charge in [0.1, 0.15) is 0 Å². The van der Waals surface area contributed by atoms with Gasteiger partial charge < -0.3 is 5.32 Å². The number of benzene rings is 1. The van der Waals surface area contributed by atoms with E-state index in [0.29, 0.717) is 5.69 Å². The lowest BCUT2D eigenvalue weighted by Crippen LogP contribution is -2.24. The van der Waals surface area contributed by atoms with Gasteiger partial charge in [-0.1, -0.05) is 25.0 Å². The number of likely N-dealkylation sites (tertiary alicyclic amines) is 1. The molecule has 1 saturated heterocycles. The van der Waals surface area contributed by atoms with Gasteiger partial charge in [-0.05, 0) is 85.8 Å². The maximum absolute atomic E-state index is 13.2. The first-order chi connectivity index (χ1) is 17.1. The molecule has 2 aliphatic rings. The van der Waals surface area contributed by atoms with Crippen LogP contribution in [0.5, 0.6) is 0 Å². The summed E-state index contributed by atoms with van der Waals surface area (Å²) < 4.78 is 0. The molecule has 4 heterocycles. The van der Waals surface area contributed by atoms with Gasteiger partial charge in [-0.3, -0.25) is 19.7 Å². The van der Waals surface area contributed by atoms with E-state index in [9.17, 15) is 4.79 Å². The summed E-state index contributed by atoms with van der Waals surface area (Å²) in [6.45, 7) is 7.18. The van der Waals surface area contributed by atoms with Crippen LogP contribution in [0.25, 0.3) is 11.1 Å². The van der Waals surface area contributed by atoms with Crippen LogP contribution in [0.1, 0.15) is 66.9 Å². The topological polar surface area (TPSA) is 82.8 Å². The lowest BCUT2D eigenvalue weighted by atomic mass is 9.91. The molecular formula is C28H32N6O. The number of aromatic nitrogens is 2. The normalized spacial score (nSPS) is 20.2. The van der Waals surface area contributed by atoms with Crippen LogP contribution in [0.4, 0.5) is 5.69 Å². The first kappa shape index (κ1) is 23.3. The summed E-state index contributed by atoms with van der Waals surface area (Å²) in [7, 11) is 0. The zero-order valence-electron chi connectivity index (χ0n) is 20.4. The van der Waals surface area contributed by atoms with Crippen molar-refractivity contribution in [1.82, 2.24) is 14.9 Å². The lowest BCUT2D eigenvalue weighted by molar-refractivity contribution is -0.117. The molecule has 2 unspecified atom stereocenters. The van der Waals surface area contributed by atoms with Gasteiger partial charge in [0.2, 0.25) is 0 Å². The number of rotatable bonds is 5. The van der Waals surface area contributed by atoms with Crippen molar-refractivity contribution < 1.29 is 4.79 Å². The number of amides is 1. The molecule has 0 radical (unpaired) electrons. The number of carbonyl (C=O) groups is 1. The van der Waals surface area contributed by atoms with Gasteiger partial charge in [-0.2, -0.15) is 10.2 Å². The predicted molar refractivity (Wildman–Crippen MR) is 137 cm³/mol. The number of nitrogens with one attached hydrogen (secondary N) is 1. The molecule has 0 bridgehead atoms. The molecule has 1 amide bonds. The Balaban J connectivity index is 1.40. The van der Waals surface area contributed by atoms with Crippen LogP contribution in [-0.2, 0) is 11.3 Å². The predicted octanol–water partition coefficient (Wildman–Crippen LogP) is 6.03. The summed E-state index contributed by atoms with van der Waals surface area (Å²) in [6.07, 6.45) is 12.5. The maximum Gasteiger partial charge on any atom is 0.255 e. The standard InChI is InChI=1S/C28H32N6O/c1-19-11-24(17-29-14-19)31-28(35)27-26-13-22(7-8-25(26)20(2)32-33-27)23-12-21(15-30-16-23)18-34-9-5-3-4-6-10-34/h7-8,11-17,20,27H,3-6,9-10,18H2,1-2H3,(H,31,35). The van der Waals surface area contributed by atoms with Crippen molar-refractivity contribution in [2.24, 2.45) is 10.2 Å². The highest BCUT2D eigenvalue weighted by Gasteiger charge is 2.29. The Morgan fingerprint density at radius 3 is 2.51 bits per heavy atom. The summed E-state index contributed by atoms with van der Waals surface area (Å²) in [5.74, 6) is -0.209. The van der Waals surface area contributed by atoms with E-state index in [4.69, 9.17) is 0 Å². The van der Waals surface area contributed by atoms with Crippen molar-refractivity contribution >= 4 is 11.6 Å². The summed E-state index contributed by atoms with van der Waals surface area (Å²) in [5.41, 5.74) is 6.87. The van der Waals surface area contributed by atoms with Gasteiger partial charge in [-0.25, -0.2) is 0 Å². The average molecular weight is 469 g/mol. The summed E-state index contributed by atoms with van der Waals surface area (Å²) in [4.78, 5) is 24.4. The number of carbonyl (C=O) groups excluding carboxylic acids is 1. The van der Waals surface area contributed by atoms with Crippen molar-refractivity contribution in [3.05, 3.63) is 77.4 Å². The van der Waals surface area contributed by atoms with E-state index in [1.807, 2.05) is 32.3 Å². The van der Waals surface area contributed by atoms with Gasteiger partial charge in [-0.15, -0.1) is 0 Å². The lowest BCUT2D eigenvalue weighted by Gasteiger charge is -2.23. The van der Waals surface area contributed by atoms with Crippen LogP contribution in [0.3, 0.4) is 0 Å². The molecule has 0 spiro atoms. The number of fused-ring (bicyclic) bond motifs is 1. The molecule has 0 saturated carbocycles. The molecule has 7 nitrogen and oxygen atoms in total. The summed E-state index contributed by atoms with van der Waals surface area (Å²) >= 11 is 0. The van der Waals surface area contributed by atoms with Crippen molar-refractivity contribution in [3.8, 4) is 11.1 Å². The fraction of sp³-hybridized carbons (Fsp3) is 0.393. The Morgan fingerprint density at radius 1 is 0.914 bits per heavy atom. The van der Waals surface area contributed by atoms with Crippen LogP contribution in [0.15, 0.2) is 65.3 Å². The molecule has 1 aromatic carbocycles. The average Bonchev–Trinajstić information content (AvgIpc) is 3.13. The number of hydrogen-bond donors (Lipinski definition) is 1. The van der Waals surface area contributed by atoms with E-state index in [-0.39, 0.29) is 11.9 Å². The second kappa shape index (κ2) is 10.4. The molecule has 1 fully saturated rings. The second-order valence-electron chi connectivity index (χ2n) is 9.67. The molecule has 7 heteroatoms. The molecule has 2 aliphatic heterocycles. The van der Waals surface area contributed by atoms with Crippen molar-refractivity contribution in [3.63, 3.8) is 0 Å². The minimum atomic E-state index is -0.699. The number of azo groups is 1. The second-order valence-corrected chi connectivity index (χ2v) is 9.67. The number of nitrogens with zero attached hydrogens (tertiary/aromatic N) is 5. The molecule has 35 heavy (non-hydrogen) atoms. The monoisotopic (exact) mass is 468 g/mol. The van der Waals surface area contributed by atoms with Crippen molar-refractivity contribution in [2.75, 3.05) is 18.4 Å². The van der Waals surface area contributed by atoms with Crippen molar-refractivity contribution in [1.29, 1.82) is 0 Å². The molecular weight excluding hydrogens is 436 g/mol. The van der Waals surface area contributed by atoms with Gasteiger partial charge in [0.15, 0.2) is 6.04 Å². The van der Waals surface area contributed by atoms with Gasteiger partial charge in [0, 0.05) is 30.7 Å². The smallest absolute Gasteiger partial charge is 0.255 e. The Bertz CT molecular complexity index is 1230. The largest absolute Gasteiger partial charge is 0.322 e. The van der Waals surface area contributed by atoms with Gasteiger partial charge in [0.05, 0.1) is 17.9 Å². The SMILES string of the molecule is Cc1cncc(NC(=O)C2N=NC(C)c3ccc(-c4cncc(CN5CCCCCC5)c4)cc32)c1. The fourth-order valence-corrected chi connectivity index (χ4v) is 4.97. The molecule has 1 N–H and O–H groups in total. The van der Waals surface area contributed by atoms with Crippen molar-refractivity contribution in [2.45, 2.75) is 58.2 Å². The zero-order chi connectivity index (χ0) is 24.2.